The summed E-state index contributed by atoms with van der Waals surface area (Å²) in [5.74, 6) is 0.815. The minimum absolute atomic E-state index is 0.299. The average Bonchev–Trinajstić information content (AvgIpc) is 3.11. The SMILES string of the molecule is Nc1oc(-c2ccccc2)nc1-c1nc2ccccc2s1. The van der Waals surface area contributed by atoms with Crippen LogP contribution in [0.4, 0.5) is 5.88 Å². The van der Waals surface area contributed by atoms with Gasteiger partial charge in [0, 0.05) is 5.56 Å². The summed E-state index contributed by atoms with van der Waals surface area (Å²) >= 11 is 1.56. The van der Waals surface area contributed by atoms with Gasteiger partial charge >= 0.3 is 0 Å². The summed E-state index contributed by atoms with van der Waals surface area (Å²) in [6, 6.07) is 17.7. The quantitative estimate of drug-likeness (QED) is 0.601. The molecular formula is C16H11N3OS. The molecule has 0 saturated carbocycles. The summed E-state index contributed by atoms with van der Waals surface area (Å²) in [6.07, 6.45) is 0. The van der Waals surface area contributed by atoms with Gasteiger partial charge in [0.15, 0.2) is 5.69 Å². The summed E-state index contributed by atoms with van der Waals surface area (Å²) in [5.41, 5.74) is 8.42. The first kappa shape index (κ1) is 12.1. The van der Waals surface area contributed by atoms with Crippen LogP contribution in [0.1, 0.15) is 0 Å². The van der Waals surface area contributed by atoms with Crippen LogP contribution in [0, 0.1) is 0 Å². The van der Waals surface area contributed by atoms with Gasteiger partial charge < -0.3 is 10.2 Å². The first-order chi connectivity index (χ1) is 10.3. The van der Waals surface area contributed by atoms with Gasteiger partial charge in [-0.3, -0.25) is 0 Å². The number of nitrogens with zero attached hydrogens (tertiary/aromatic N) is 2. The molecule has 2 heterocycles. The molecule has 2 aromatic carbocycles. The van der Waals surface area contributed by atoms with Crippen molar-refractivity contribution in [3.63, 3.8) is 0 Å². The predicted molar refractivity (Wildman–Crippen MR) is 85.0 cm³/mol. The Bertz CT molecular complexity index is 879. The zero-order valence-corrected chi connectivity index (χ0v) is 11.8. The molecule has 2 aromatic heterocycles. The van der Waals surface area contributed by atoms with Crippen LogP contribution in [-0.2, 0) is 0 Å². The maximum Gasteiger partial charge on any atom is 0.229 e. The molecular weight excluding hydrogens is 282 g/mol. The van der Waals surface area contributed by atoms with Gasteiger partial charge in [-0.1, -0.05) is 30.3 Å². The average molecular weight is 293 g/mol. The number of nitrogen functional groups attached to an aromatic ring is 1. The van der Waals surface area contributed by atoms with Crippen molar-refractivity contribution in [3.05, 3.63) is 54.6 Å². The van der Waals surface area contributed by atoms with Gasteiger partial charge in [-0.25, -0.2) is 9.97 Å². The number of oxazole rings is 1. The number of para-hydroxylation sites is 1. The van der Waals surface area contributed by atoms with E-state index in [1.54, 1.807) is 11.3 Å². The van der Waals surface area contributed by atoms with Gasteiger partial charge in [-0.2, -0.15) is 0 Å². The number of thiazole rings is 1. The minimum Gasteiger partial charge on any atom is -0.420 e. The molecule has 0 spiro atoms. The van der Waals surface area contributed by atoms with Crippen molar-refractivity contribution in [2.24, 2.45) is 0 Å². The summed E-state index contributed by atoms with van der Waals surface area (Å²) in [4.78, 5) is 9.07. The predicted octanol–water partition coefficient (Wildman–Crippen LogP) is 4.20. The first-order valence-electron chi connectivity index (χ1n) is 6.49. The Balaban J connectivity index is 1.84. The summed E-state index contributed by atoms with van der Waals surface area (Å²) in [7, 11) is 0. The van der Waals surface area contributed by atoms with Crippen molar-refractivity contribution >= 4 is 27.4 Å². The van der Waals surface area contributed by atoms with Crippen LogP contribution in [0.25, 0.3) is 32.4 Å². The molecule has 0 amide bonds. The molecule has 5 heteroatoms. The lowest BCUT2D eigenvalue weighted by Crippen LogP contribution is -1.85. The van der Waals surface area contributed by atoms with E-state index in [0.29, 0.717) is 17.5 Å². The highest BCUT2D eigenvalue weighted by molar-refractivity contribution is 7.21. The van der Waals surface area contributed by atoms with E-state index < -0.39 is 0 Å². The van der Waals surface area contributed by atoms with Gasteiger partial charge in [-0.15, -0.1) is 11.3 Å². The minimum atomic E-state index is 0.299. The van der Waals surface area contributed by atoms with Gasteiger partial charge in [0.25, 0.3) is 0 Å². The first-order valence-corrected chi connectivity index (χ1v) is 7.30. The Morgan fingerprint density at radius 1 is 0.905 bits per heavy atom. The van der Waals surface area contributed by atoms with Crippen LogP contribution >= 0.6 is 11.3 Å². The monoisotopic (exact) mass is 293 g/mol. The molecule has 0 radical (unpaired) electrons. The van der Waals surface area contributed by atoms with Gasteiger partial charge in [0.05, 0.1) is 10.2 Å². The molecule has 2 N–H and O–H groups in total. The summed E-state index contributed by atoms with van der Waals surface area (Å²) < 4.78 is 6.69. The molecule has 0 bridgehead atoms. The van der Waals surface area contributed by atoms with Crippen LogP contribution < -0.4 is 5.73 Å². The van der Waals surface area contributed by atoms with E-state index in [2.05, 4.69) is 9.97 Å². The van der Waals surface area contributed by atoms with E-state index >= 15 is 0 Å². The number of anilines is 1. The van der Waals surface area contributed by atoms with Crippen LogP contribution in [0.5, 0.6) is 0 Å². The molecule has 0 aliphatic heterocycles. The Morgan fingerprint density at radius 3 is 2.48 bits per heavy atom. The lowest BCUT2D eigenvalue weighted by Gasteiger charge is -1.91. The maximum absolute atomic E-state index is 5.97. The molecule has 0 fully saturated rings. The molecule has 0 unspecified atom stereocenters. The van der Waals surface area contributed by atoms with Crippen molar-refractivity contribution in [1.82, 2.24) is 9.97 Å². The molecule has 0 aliphatic carbocycles. The number of nitrogens with two attached hydrogens (primary N) is 1. The molecule has 0 saturated heterocycles. The van der Waals surface area contributed by atoms with Crippen molar-refractivity contribution in [2.75, 3.05) is 5.73 Å². The second kappa shape index (κ2) is 4.71. The van der Waals surface area contributed by atoms with Crippen molar-refractivity contribution < 1.29 is 4.42 Å². The molecule has 4 rings (SSSR count). The maximum atomic E-state index is 5.97. The molecule has 4 nitrogen and oxygen atoms in total. The number of aromatic nitrogens is 2. The van der Waals surface area contributed by atoms with E-state index in [-0.39, 0.29) is 0 Å². The second-order valence-electron chi connectivity index (χ2n) is 4.58. The molecule has 0 atom stereocenters. The lowest BCUT2D eigenvalue weighted by atomic mass is 10.2. The standard InChI is InChI=1S/C16H11N3OS/c17-14-13(16-18-11-8-4-5-9-12(11)21-16)19-15(20-14)10-6-2-1-3-7-10/h1-9H,17H2. The van der Waals surface area contributed by atoms with Crippen LogP contribution in [-0.4, -0.2) is 9.97 Å². The highest BCUT2D eigenvalue weighted by atomic mass is 32.1. The van der Waals surface area contributed by atoms with Crippen LogP contribution in [0.2, 0.25) is 0 Å². The second-order valence-corrected chi connectivity index (χ2v) is 5.62. The van der Waals surface area contributed by atoms with E-state index in [9.17, 15) is 0 Å². The highest BCUT2D eigenvalue weighted by Crippen LogP contribution is 2.35. The summed E-state index contributed by atoms with van der Waals surface area (Å²) in [6.45, 7) is 0. The van der Waals surface area contributed by atoms with Gasteiger partial charge in [0.1, 0.15) is 5.01 Å². The third-order valence-corrected chi connectivity index (χ3v) is 4.21. The normalized spacial score (nSPS) is 11.0. The van der Waals surface area contributed by atoms with E-state index in [4.69, 9.17) is 10.2 Å². The molecule has 102 valence electrons. The fraction of sp³-hybridized carbons (Fsp3) is 0. The Kier molecular flexibility index (Phi) is 2.72. The van der Waals surface area contributed by atoms with E-state index in [1.807, 2.05) is 54.6 Å². The van der Waals surface area contributed by atoms with Crippen LogP contribution in [0.3, 0.4) is 0 Å². The topological polar surface area (TPSA) is 64.9 Å². The van der Waals surface area contributed by atoms with Crippen molar-refractivity contribution in [3.8, 4) is 22.2 Å². The number of fused-ring (bicyclic) bond motifs is 1. The Labute approximate surface area is 124 Å². The molecule has 4 aromatic rings. The zero-order valence-electron chi connectivity index (χ0n) is 11.0. The Morgan fingerprint density at radius 2 is 1.67 bits per heavy atom. The fourth-order valence-corrected chi connectivity index (χ4v) is 3.12. The highest BCUT2D eigenvalue weighted by Gasteiger charge is 2.17. The van der Waals surface area contributed by atoms with Gasteiger partial charge in [0.2, 0.25) is 11.8 Å². The number of hydrogen-bond donors (Lipinski definition) is 1. The smallest absolute Gasteiger partial charge is 0.229 e. The largest absolute Gasteiger partial charge is 0.420 e. The zero-order chi connectivity index (χ0) is 14.2. The number of benzene rings is 2. The van der Waals surface area contributed by atoms with Crippen molar-refractivity contribution in [1.29, 1.82) is 0 Å². The van der Waals surface area contributed by atoms with E-state index in [1.165, 1.54) is 0 Å². The Hall–Kier alpha value is -2.66. The number of rotatable bonds is 2. The van der Waals surface area contributed by atoms with Gasteiger partial charge in [-0.05, 0) is 24.3 Å². The van der Waals surface area contributed by atoms with Crippen LogP contribution in [0.15, 0.2) is 59.0 Å². The number of hydrogen-bond acceptors (Lipinski definition) is 5. The van der Waals surface area contributed by atoms with Crippen molar-refractivity contribution in [2.45, 2.75) is 0 Å². The summed E-state index contributed by atoms with van der Waals surface area (Å²) in [5, 5.41) is 0.777. The third kappa shape index (κ3) is 2.08. The lowest BCUT2D eigenvalue weighted by molar-refractivity contribution is 0.594. The molecule has 21 heavy (non-hydrogen) atoms. The van der Waals surface area contributed by atoms with E-state index in [0.717, 1.165) is 20.8 Å². The fourth-order valence-electron chi connectivity index (χ4n) is 2.16. The third-order valence-electron chi connectivity index (χ3n) is 3.17. The molecule has 0 aliphatic rings.